The number of nitrogens with one attached hydrogen (secondary N) is 1. The van der Waals surface area contributed by atoms with Gasteiger partial charge >= 0.3 is 0 Å². The summed E-state index contributed by atoms with van der Waals surface area (Å²) in [5, 5.41) is 3.49. The zero-order valence-electron chi connectivity index (χ0n) is 12.8. The molecule has 0 radical (unpaired) electrons. The number of benzene rings is 1. The number of methoxy groups -OCH3 is 1. The van der Waals surface area contributed by atoms with Gasteiger partial charge in [0.25, 0.3) is 0 Å². The van der Waals surface area contributed by atoms with Crippen LogP contribution in [0.4, 0.5) is 0 Å². The third-order valence-corrected chi connectivity index (χ3v) is 3.46. The Kier molecular flexibility index (Phi) is 6.71. The molecule has 0 spiro atoms. The molecular formula is C16H27NO2. The van der Waals surface area contributed by atoms with Gasteiger partial charge in [-0.3, -0.25) is 0 Å². The van der Waals surface area contributed by atoms with Crippen LogP contribution < -0.4 is 14.8 Å². The topological polar surface area (TPSA) is 30.5 Å². The fourth-order valence-electron chi connectivity index (χ4n) is 1.78. The van der Waals surface area contributed by atoms with Crippen LogP contribution in [0.5, 0.6) is 11.5 Å². The molecule has 0 fully saturated rings. The summed E-state index contributed by atoms with van der Waals surface area (Å²) in [4.78, 5) is 0. The minimum atomic E-state index is 0.650. The molecule has 0 aliphatic heterocycles. The fraction of sp³-hybridized carbons (Fsp3) is 0.625. The van der Waals surface area contributed by atoms with Crippen LogP contribution in [-0.2, 0) is 6.54 Å². The second kappa shape index (κ2) is 8.05. The number of hydrogen-bond acceptors (Lipinski definition) is 3. The molecule has 19 heavy (non-hydrogen) atoms. The third kappa shape index (κ3) is 5.11. The number of ether oxygens (including phenoxy) is 2. The summed E-state index contributed by atoms with van der Waals surface area (Å²) in [6.45, 7) is 11.3. The minimum absolute atomic E-state index is 0.650. The quantitative estimate of drug-likeness (QED) is 0.780. The van der Waals surface area contributed by atoms with Crippen LogP contribution in [0.25, 0.3) is 0 Å². The van der Waals surface area contributed by atoms with Crippen LogP contribution in [0.2, 0.25) is 0 Å². The van der Waals surface area contributed by atoms with Crippen molar-refractivity contribution in [1.29, 1.82) is 0 Å². The van der Waals surface area contributed by atoms with Crippen molar-refractivity contribution in [2.24, 2.45) is 11.8 Å². The highest BCUT2D eigenvalue weighted by molar-refractivity contribution is 5.42. The van der Waals surface area contributed by atoms with E-state index < -0.39 is 0 Å². The lowest BCUT2D eigenvalue weighted by atomic mass is 9.98. The van der Waals surface area contributed by atoms with Crippen molar-refractivity contribution in [1.82, 2.24) is 5.32 Å². The van der Waals surface area contributed by atoms with Gasteiger partial charge in [0.1, 0.15) is 0 Å². The van der Waals surface area contributed by atoms with Crippen LogP contribution in [0.15, 0.2) is 18.2 Å². The molecule has 3 nitrogen and oxygen atoms in total. The van der Waals surface area contributed by atoms with Crippen LogP contribution >= 0.6 is 0 Å². The van der Waals surface area contributed by atoms with Gasteiger partial charge in [0.05, 0.1) is 13.7 Å². The zero-order valence-corrected chi connectivity index (χ0v) is 12.8. The first-order chi connectivity index (χ1) is 9.08. The van der Waals surface area contributed by atoms with Gasteiger partial charge in [0.15, 0.2) is 11.5 Å². The van der Waals surface area contributed by atoms with E-state index in [1.807, 2.05) is 13.0 Å². The van der Waals surface area contributed by atoms with E-state index in [2.05, 4.69) is 38.2 Å². The molecule has 1 aromatic rings. The van der Waals surface area contributed by atoms with Crippen molar-refractivity contribution in [3.8, 4) is 11.5 Å². The molecule has 1 atom stereocenters. The van der Waals surface area contributed by atoms with E-state index in [1.54, 1.807) is 7.11 Å². The average Bonchev–Trinajstić information content (AvgIpc) is 2.39. The van der Waals surface area contributed by atoms with E-state index >= 15 is 0 Å². The monoisotopic (exact) mass is 265 g/mol. The standard InChI is InChI=1S/C16H27NO2/c1-6-19-16-9-14(7-8-15(16)18-5)11-17-10-13(4)12(2)3/h7-9,12-13,17H,6,10-11H2,1-5H3. The minimum Gasteiger partial charge on any atom is -0.493 e. The van der Waals surface area contributed by atoms with E-state index in [-0.39, 0.29) is 0 Å². The number of rotatable bonds is 8. The summed E-state index contributed by atoms with van der Waals surface area (Å²) >= 11 is 0. The normalized spacial score (nSPS) is 12.5. The first-order valence-corrected chi connectivity index (χ1v) is 7.08. The van der Waals surface area contributed by atoms with Crippen molar-refractivity contribution in [2.45, 2.75) is 34.2 Å². The highest BCUT2D eigenvalue weighted by Gasteiger charge is 2.08. The van der Waals surface area contributed by atoms with Crippen LogP contribution in [0.1, 0.15) is 33.3 Å². The maximum Gasteiger partial charge on any atom is 0.161 e. The van der Waals surface area contributed by atoms with Gasteiger partial charge in [0, 0.05) is 6.54 Å². The van der Waals surface area contributed by atoms with Crippen molar-refractivity contribution >= 4 is 0 Å². The molecule has 0 aliphatic carbocycles. The highest BCUT2D eigenvalue weighted by Crippen LogP contribution is 2.27. The Balaban J connectivity index is 2.56. The molecule has 3 heteroatoms. The Morgan fingerprint density at radius 1 is 1.16 bits per heavy atom. The summed E-state index contributed by atoms with van der Waals surface area (Å²) in [6, 6.07) is 6.09. The predicted octanol–water partition coefficient (Wildman–Crippen LogP) is 3.48. The lowest BCUT2D eigenvalue weighted by Crippen LogP contribution is -2.23. The molecule has 0 bridgehead atoms. The first-order valence-electron chi connectivity index (χ1n) is 7.08. The van der Waals surface area contributed by atoms with Crippen LogP contribution in [0, 0.1) is 11.8 Å². The lowest BCUT2D eigenvalue weighted by Gasteiger charge is -2.16. The van der Waals surface area contributed by atoms with E-state index in [0.29, 0.717) is 18.4 Å². The zero-order chi connectivity index (χ0) is 14.3. The van der Waals surface area contributed by atoms with Crippen molar-refractivity contribution < 1.29 is 9.47 Å². The van der Waals surface area contributed by atoms with Crippen LogP contribution in [0.3, 0.4) is 0 Å². The van der Waals surface area contributed by atoms with Gasteiger partial charge < -0.3 is 14.8 Å². The second-order valence-corrected chi connectivity index (χ2v) is 5.27. The summed E-state index contributed by atoms with van der Waals surface area (Å²) in [7, 11) is 1.67. The molecular weight excluding hydrogens is 238 g/mol. The van der Waals surface area contributed by atoms with Gasteiger partial charge in [0.2, 0.25) is 0 Å². The molecule has 0 heterocycles. The highest BCUT2D eigenvalue weighted by atomic mass is 16.5. The van der Waals surface area contributed by atoms with Crippen molar-refractivity contribution in [3.63, 3.8) is 0 Å². The van der Waals surface area contributed by atoms with Gasteiger partial charge in [-0.25, -0.2) is 0 Å². The van der Waals surface area contributed by atoms with E-state index in [4.69, 9.17) is 9.47 Å². The maximum absolute atomic E-state index is 5.58. The third-order valence-electron chi connectivity index (χ3n) is 3.46. The van der Waals surface area contributed by atoms with Gasteiger partial charge in [-0.1, -0.05) is 26.8 Å². The van der Waals surface area contributed by atoms with E-state index in [9.17, 15) is 0 Å². The predicted molar refractivity (Wildman–Crippen MR) is 79.9 cm³/mol. The molecule has 0 aliphatic rings. The fourth-order valence-corrected chi connectivity index (χ4v) is 1.78. The Labute approximate surface area is 117 Å². The Hall–Kier alpha value is -1.22. The van der Waals surface area contributed by atoms with Gasteiger partial charge in [-0.2, -0.15) is 0 Å². The van der Waals surface area contributed by atoms with Crippen molar-refractivity contribution in [3.05, 3.63) is 23.8 Å². The molecule has 108 valence electrons. The molecule has 0 saturated heterocycles. The molecule has 0 amide bonds. The maximum atomic E-state index is 5.58. The summed E-state index contributed by atoms with van der Waals surface area (Å²) in [5.74, 6) is 3.01. The number of hydrogen-bond donors (Lipinski definition) is 1. The summed E-state index contributed by atoms with van der Waals surface area (Å²) < 4.78 is 10.9. The van der Waals surface area contributed by atoms with Gasteiger partial charge in [-0.05, 0) is 43.0 Å². The molecule has 1 aromatic carbocycles. The van der Waals surface area contributed by atoms with Crippen LogP contribution in [-0.4, -0.2) is 20.3 Å². The molecule has 1 N–H and O–H groups in total. The first kappa shape index (κ1) is 15.8. The second-order valence-electron chi connectivity index (χ2n) is 5.27. The Bertz CT molecular complexity index is 377. The van der Waals surface area contributed by atoms with Gasteiger partial charge in [-0.15, -0.1) is 0 Å². The largest absolute Gasteiger partial charge is 0.493 e. The summed E-state index contributed by atoms with van der Waals surface area (Å²) in [6.07, 6.45) is 0. The Morgan fingerprint density at radius 3 is 2.47 bits per heavy atom. The average molecular weight is 265 g/mol. The molecule has 0 saturated carbocycles. The lowest BCUT2D eigenvalue weighted by molar-refractivity contribution is 0.310. The molecule has 1 rings (SSSR count). The smallest absolute Gasteiger partial charge is 0.161 e. The van der Waals surface area contributed by atoms with E-state index in [1.165, 1.54) is 5.56 Å². The molecule has 1 unspecified atom stereocenters. The van der Waals surface area contributed by atoms with E-state index in [0.717, 1.165) is 24.6 Å². The molecule has 0 aromatic heterocycles. The Morgan fingerprint density at radius 2 is 1.89 bits per heavy atom. The SMILES string of the molecule is CCOc1cc(CNCC(C)C(C)C)ccc1OC. The van der Waals surface area contributed by atoms with Crippen molar-refractivity contribution in [2.75, 3.05) is 20.3 Å². The summed E-state index contributed by atoms with van der Waals surface area (Å²) in [5.41, 5.74) is 1.22.